The van der Waals surface area contributed by atoms with E-state index in [1.54, 1.807) is 0 Å². The van der Waals surface area contributed by atoms with E-state index in [2.05, 4.69) is 40.2 Å². The first-order chi connectivity index (χ1) is 7.74. The van der Waals surface area contributed by atoms with Gasteiger partial charge in [-0.15, -0.1) is 0 Å². The molecule has 0 aromatic heterocycles. The fourth-order valence-corrected chi connectivity index (χ4v) is 2.67. The highest BCUT2D eigenvalue weighted by Gasteiger charge is 2.17. The summed E-state index contributed by atoms with van der Waals surface area (Å²) in [6.07, 6.45) is 6.16. The maximum atomic E-state index is 11.5. The van der Waals surface area contributed by atoms with Crippen molar-refractivity contribution < 1.29 is 4.79 Å². The summed E-state index contributed by atoms with van der Waals surface area (Å²) in [5, 5.41) is 0. The molecule has 2 rings (SSSR count). The molecule has 0 amide bonds. The third kappa shape index (κ3) is 3.44. The van der Waals surface area contributed by atoms with Gasteiger partial charge in [0.25, 0.3) is 0 Å². The van der Waals surface area contributed by atoms with Crippen LogP contribution in [0.4, 0.5) is 0 Å². The molecule has 0 heterocycles. The smallest absolute Gasteiger partial charge is 0.133 e. The molecule has 86 valence electrons. The van der Waals surface area contributed by atoms with Crippen molar-refractivity contribution in [2.75, 3.05) is 0 Å². The van der Waals surface area contributed by atoms with Crippen LogP contribution >= 0.6 is 15.9 Å². The largest absolute Gasteiger partial charge is 0.300 e. The average molecular weight is 281 g/mol. The topological polar surface area (TPSA) is 17.1 Å². The van der Waals surface area contributed by atoms with Crippen LogP contribution in [-0.4, -0.2) is 5.78 Å². The molecule has 1 nitrogen and oxygen atoms in total. The minimum atomic E-state index is 0.458. The Balaban J connectivity index is 1.97. The lowest BCUT2D eigenvalue weighted by Gasteiger charge is -2.13. The molecule has 1 unspecified atom stereocenters. The summed E-state index contributed by atoms with van der Waals surface area (Å²) in [7, 11) is 0. The van der Waals surface area contributed by atoms with Crippen LogP contribution in [0.15, 0.2) is 28.7 Å². The van der Waals surface area contributed by atoms with Gasteiger partial charge in [0, 0.05) is 17.3 Å². The number of halogens is 1. The lowest BCUT2D eigenvalue weighted by Crippen LogP contribution is -2.08. The summed E-state index contributed by atoms with van der Waals surface area (Å²) in [6, 6.07) is 8.46. The maximum Gasteiger partial charge on any atom is 0.133 e. The summed E-state index contributed by atoms with van der Waals surface area (Å²) >= 11 is 3.44. The van der Waals surface area contributed by atoms with Gasteiger partial charge >= 0.3 is 0 Å². The van der Waals surface area contributed by atoms with Crippen LogP contribution in [0.2, 0.25) is 0 Å². The number of carbonyl (C=O) groups is 1. The highest BCUT2D eigenvalue weighted by Crippen LogP contribution is 2.24. The molecule has 1 fully saturated rings. The van der Waals surface area contributed by atoms with Crippen molar-refractivity contribution in [3.8, 4) is 0 Å². The fourth-order valence-electron chi connectivity index (χ4n) is 2.41. The zero-order valence-corrected chi connectivity index (χ0v) is 11.0. The summed E-state index contributed by atoms with van der Waals surface area (Å²) < 4.78 is 1.12. The second kappa shape index (κ2) is 5.62. The van der Waals surface area contributed by atoms with Crippen molar-refractivity contribution in [2.45, 2.75) is 38.5 Å². The van der Waals surface area contributed by atoms with Crippen molar-refractivity contribution >= 4 is 21.7 Å². The number of hydrogen-bond acceptors (Lipinski definition) is 1. The molecule has 0 N–H and O–H groups in total. The molecule has 0 saturated heterocycles. The Bertz CT molecular complexity index is 356. The minimum absolute atomic E-state index is 0.458. The standard InChI is InChI=1S/C14H17BrO/c15-13-7-5-11(6-8-13)9-12-3-1-2-4-14(16)10-12/h5-8,12H,1-4,9-10H2. The van der Waals surface area contributed by atoms with Crippen LogP contribution in [0.25, 0.3) is 0 Å². The van der Waals surface area contributed by atoms with Crippen molar-refractivity contribution in [1.29, 1.82) is 0 Å². The van der Waals surface area contributed by atoms with Crippen molar-refractivity contribution in [2.24, 2.45) is 5.92 Å². The Hall–Kier alpha value is -0.630. The normalized spacial score (nSPS) is 21.8. The van der Waals surface area contributed by atoms with Crippen molar-refractivity contribution in [3.63, 3.8) is 0 Å². The molecule has 1 aromatic rings. The summed E-state index contributed by atoms with van der Waals surface area (Å²) in [6.45, 7) is 0. The summed E-state index contributed by atoms with van der Waals surface area (Å²) in [5.41, 5.74) is 1.35. The second-order valence-corrected chi connectivity index (χ2v) is 5.60. The van der Waals surface area contributed by atoms with E-state index in [0.717, 1.165) is 30.2 Å². The van der Waals surface area contributed by atoms with E-state index in [1.165, 1.54) is 18.4 Å². The van der Waals surface area contributed by atoms with Crippen LogP contribution < -0.4 is 0 Å². The Morgan fingerprint density at radius 1 is 1.19 bits per heavy atom. The number of hydrogen-bond donors (Lipinski definition) is 0. The van der Waals surface area contributed by atoms with Gasteiger partial charge in [-0.1, -0.05) is 34.5 Å². The van der Waals surface area contributed by atoms with Gasteiger partial charge < -0.3 is 0 Å². The van der Waals surface area contributed by atoms with Gasteiger partial charge in [-0.2, -0.15) is 0 Å². The predicted octanol–water partition coefficient (Wildman–Crippen LogP) is 4.14. The van der Waals surface area contributed by atoms with Gasteiger partial charge in [-0.05, 0) is 42.9 Å². The van der Waals surface area contributed by atoms with E-state index >= 15 is 0 Å². The van der Waals surface area contributed by atoms with E-state index in [1.807, 2.05) is 0 Å². The molecule has 1 atom stereocenters. The lowest BCUT2D eigenvalue weighted by molar-refractivity contribution is -0.119. The first kappa shape index (κ1) is 11.8. The third-order valence-electron chi connectivity index (χ3n) is 3.27. The highest BCUT2D eigenvalue weighted by molar-refractivity contribution is 9.10. The van der Waals surface area contributed by atoms with Crippen LogP contribution in [0.3, 0.4) is 0 Å². The average Bonchev–Trinajstić information content (AvgIpc) is 2.46. The van der Waals surface area contributed by atoms with E-state index in [4.69, 9.17) is 0 Å². The minimum Gasteiger partial charge on any atom is -0.300 e. The van der Waals surface area contributed by atoms with Gasteiger partial charge in [0.05, 0.1) is 0 Å². The number of benzene rings is 1. The van der Waals surface area contributed by atoms with Gasteiger partial charge in [-0.3, -0.25) is 4.79 Å². The van der Waals surface area contributed by atoms with Crippen LogP contribution in [0.1, 0.15) is 37.7 Å². The van der Waals surface area contributed by atoms with Gasteiger partial charge in [-0.25, -0.2) is 0 Å². The molecule has 0 radical (unpaired) electrons. The van der Waals surface area contributed by atoms with Gasteiger partial charge in [0.2, 0.25) is 0 Å². The summed E-state index contributed by atoms with van der Waals surface area (Å²) in [4.78, 5) is 11.5. The Labute approximate surface area is 105 Å². The fraction of sp³-hybridized carbons (Fsp3) is 0.500. The molecule has 0 aliphatic heterocycles. The molecule has 0 bridgehead atoms. The lowest BCUT2D eigenvalue weighted by atomic mass is 9.92. The van der Waals surface area contributed by atoms with E-state index in [-0.39, 0.29) is 0 Å². The number of Topliss-reactive ketones (excluding diaryl/α,β-unsaturated/α-hetero) is 1. The first-order valence-corrected chi connectivity index (χ1v) is 6.79. The SMILES string of the molecule is O=C1CCCCC(Cc2ccc(Br)cc2)C1. The molecular weight excluding hydrogens is 264 g/mol. The first-order valence-electron chi connectivity index (χ1n) is 6.00. The van der Waals surface area contributed by atoms with Crippen molar-refractivity contribution in [1.82, 2.24) is 0 Å². The highest BCUT2D eigenvalue weighted by atomic mass is 79.9. The van der Waals surface area contributed by atoms with E-state index in [0.29, 0.717) is 11.7 Å². The number of carbonyl (C=O) groups excluding carboxylic acids is 1. The van der Waals surface area contributed by atoms with Crippen molar-refractivity contribution in [3.05, 3.63) is 34.3 Å². The monoisotopic (exact) mass is 280 g/mol. The Morgan fingerprint density at radius 3 is 2.69 bits per heavy atom. The van der Waals surface area contributed by atoms with E-state index < -0.39 is 0 Å². The van der Waals surface area contributed by atoms with Gasteiger partial charge in [0.1, 0.15) is 5.78 Å². The molecule has 1 saturated carbocycles. The zero-order valence-electron chi connectivity index (χ0n) is 9.42. The van der Waals surface area contributed by atoms with Crippen LogP contribution in [0, 0.1) is 5.92 Å². The van der Waals surface area contributed by atoms with E-state index in [9.17, 15) is 4.79 Å². The summed E-state index contributed by atoms with van der Waals surface area (Å²) in [5.74, 6) is 1.02. The molecule has 2 heteroatoms. The molecule has 16 heavy (non-hydrogen) atoms. The van der Waals surface area contributed by atoms with Gasteiger partial charge in [0.15, 0.2) is 0 Å². The van der Waals surface area contributed by atoms with Crippen LogP contribution in [-0.2, 0) is 11.2 Å². The number of ketones is 1. The quantitative estimate of drug-likeness (QED) is 0.744. The predicted molar refractivity (Wildman–Crippen MR) is 69.4 cm³/mol. The molecule has 1 aromatic carbocycles. The molecule has 1 aliphatic rings. The third-order valence-corrected chi connectivity index (χ3v) is 3.80. The Kier molecular flexibility index (Phi) is 4.16. The zero-order chi connectivity index (χ0) is 11.4. The number of rotatable bonds is 2. The molecule has 0 spiro atoms. The molecular formula is C14H17BrO. The Morgan fingerprint density at radius 2 is 1.94 bits per heavy atom. The molecule has 1 aliphatic carbocycles. The van der Waals surface area contributed by atoms with Crippen LogP contribution in [0.5, 0.6) is 0 Å². The maximum absolute atomic E-state index is 11.5. The second-order valence-electron chi connectivity index (χ2n) is 4.69.